The third kappa shape index (κ3) is 4.38. The van der Waals surface area contributed by atoms with Crippen molar-refractivity contribution in [2.24, 2.45) is 5.92 Å². The van der Waals surface area contributed by atoms with E-state index in [9.17, 15) is 14.4 Å². The summed E-state index contributed by atoms with van der Waals surface area (Å²) in [6.07, 6.45) is 4.10. The van der Waals surface area contributed by atoms with Gasteiger partial charge in [-0.3, -0.25) is 4.79 Å². The minimum atomic E-state index is -0.609. The van der Waals surface area contributed by atoms with E-state index in [4.69, 9.17) is 9.47 Å². The predicted molar refractivity (Wildman–Crippen MR) is 89.9 cm³/mol. The molecule has 1 aromatic carbocycles. The van der Waals surface area contributed by atoms with Gasteiger partial charge in [0, 0.05) is 0 Å². The lowest BCUT2D eigenvalue weighted by Crippen LogP contribution is -2.38. The minimum Gasteiger partial charge on any atom is -0.458 e. The highest BCUT2D eigenvalue weighted by Gasteiger charge is 2.34. The molecule has 1 aliphatic carbocycles. The zero-order valence-corrected chi connectivity index (χ0v) is 14.2. The number of cyclic esters (lactones) is 1. The highest BCUT2D eigenvalue weighted by atomic mass is 16.6. The number of esters is 1. The summed E-state index contributed by atoms with van der Waals surface area (Å²) in [7, 11) is 0. The van der Waals surface area contributed by atoms with Gasteiger partial charge in [-0.1, -0.05) is 37.5 Å². The van der Waals surface area contributed by atoms with E-state index in [2.05, 4.69) is 0 Å². The molecule has 1 aromatic rings. The van der Waals surface area contributed by atoms with Crippen LogP contribution in [0.15, 0.2) is 30.3 Å². The van der Waals surface area contributed by atoms with Crippen LogP contribution >= 0.6 is 0 Å². The van der Waals surface area contributed by atoms with Crippen molar-refractivity contribution in [1.29, 1.82) is 0 Å². The molecule has 0 bridgehead atoms. The molecule has 1 aliphatic heterocycles. The molecule has 6 nitrogen and oxygen atoms in total. The molecule has 1 unspecified atom stereocenters. The molecule has 0 radical (unpaired) electrons. The highest BCUT2D eigenvalue weighted by Crippen LogP contribution is 2.30. The summed E-state index contributed by atoms with van der Waals surface area (Å²) in [6, 6.07) is 8.77. The number of hydrogen-bond acceptors (Lipinski definition) is 5. The SMILES string of the molecule is O=C(OC(CC(=O)N1CCOC1=O)C1CCCCC1)c1ccccc1. The van der Waals surface area contributed by atoms with Gasteiger partial charge in [0.15, 0.2) is 0 Å². The van der Waals surface area contributed by atoms with Crippen LogP contribution in [0.4, 0.5) is 4.79 Å². The number of carbonyl (C=O) groups is 3. The number of ether oxygens (including phenoxy) is 2. The van der Waals surface area contributed by atoms with E-state index in [0.29, 0.717) is 5.56 Å². The Labute approximate surface area is 147 Å². The van der Waals surface area contributed by atoms with Crippen LogP contribution in [-0.2, 0) is 14.3 Å². The first-order valence-electron chi connectivity index (χ1n) is 8.88. The Balaban J connectivity index is 1.69. The van der Waals surface area contributed by atoms with Crippen molar-refractivity contribution in [3.05, 3.63) is 35.9 Å². The normalized spacial score (nSPS) is 19.4. The molecule has 6 heteroatoms. The van der Waals surface area contributed by atoms with Gasteiger partial charge in [-0.15, -0.1) is 0 Å². The number of nitrogens with zero attached hydrogens (tertiary/aromatic N) is 1. The van der Waals surface area contributed by atoms with Crippen LogP contribution in [-0.4, -0.2) is 42.1 Å². The van der Waals surface area contributed by atoms with E-state index in [1.165, 1.54) is 6.42 Å². The zero-order valence-electron chi connectivity index (χ0n) is 14.2. The molecular weight excluding hydrogens is 322 g/mol. The second-order valence-electron chi connectivity index (χ2n) is 6.57. The molecule has 2 fully saturated rings. The average molecular weight is 345 g/mol. The van der Waals surface area contributed by atoms with Gasteiger partial charge >= 0.3 is 12.1 Å². The van der Waals surface area contributed by atoms with Crippen molar-refractivity contribution >= 4 is 18.0 Å². The second kappa shape index (κ2) is 8.14. The van der Waals surface area contributed by atoms with Crippen LogP contribution in [0, 0.1) is 5.92 Å². The van der Waals surface area contributed by atoms with Crippen LogP contribution in [0.3, 0.4) is 0 Å². The lowest BCUT2D eigenvalue weighted by molar-refractivity contribution is -0.130. The summed E-state index contributed by atoms with van der Waals surface area (Å²) < 4.78 is 10.5. The molecule has 25 heavy (non-hydrogen) atoms. The zero-order chi connectivity index (χ0) is 17.6. The summed E-state index contributed by atoms with van der Waals surface area (Å²) in [4.78, 5) is 37.6. The minimum absolute atomic E-state index is 0.0261. The summed E-state index contributed by atoms with van der Waals surface area (Å²) in [5.41, 5.74) is 0.469. The van der Waals surface area contributed by atoms with Crippen molar-refractivity contribution in [2.75, 3.05) is 13.2 Å². The van der Waals surface area contributed by atoms with Gasteiger partial charge in [0.25, 0.3) is 0 Å². The maximum atomic E-state index is 12.5. The Morgan fingerprint density at radius 3 is 2.52 bits per heavy atom. The summed E-state index contributed by atoms with van der Waals surface area (Å²) in [5, 5.41) is 0. The number of rotatable bonds is 5. The Morgan fingerprint density at radius 1 is 1.16 bits per heavy atom. The molecule has 0 aromatic heterocycles. The van der Waals surface area contributed by atoms with Crippen molar-refractivity contribution in [3.63, 3.8) is 0 Å². The van der Waals surface area contributed by atoms with Crippen molar-refractivity contribution in [3.8, 4) is 0 Å². The van der Waals surface area contributed by atoms with Gasteiger partial charge < -0.3 is 9.47 Å². The molecule has 1 heterocycles. The highest BCUT2D eigenvalue weighted by molar-refractivity contribution is 5.93. The number of hydrogen-bond donors (Lipinski definition) is 0. The molecule has 0 N–H and O–H groups in total. The summed E-state index contributed by atoms with van der Waals surface area (Å²) >= 11 is 0. The molecule has 2 amide bonds. The molecule has 0 spiro atoms. The van der Waals surface area contributed by atoms with Gasteiger partial charge in [-0.05, 0) is 30.9 Å². The van der Waals surface area contributed by atoms with E-state index >= 15 is 0 Å². The lowest BCUT2D eigenvalue weighted by atomic mass is 9.84. The third-order valence-corrected chi connectivity index (χ3v) is 4.88. The maximum absolute atomic E-state index is 12.5. The van der Waals surface area contributed by atoms with E-state index in [0.717, 1.165) is 30.6 Å². The van der Waals surface area contributed by atoms with Gasteiger partial charge in [0.2, 0.25) is 5.91 Å². The molecule has 2 aliphatic rings. The van der Waals surface area contributed by atoms with Crippen LogP contribution in [0.25, 0.3) is 0 Å². The van der Waals surface area contributed by atoms with Crippen LogP contribution in [0.2, 0.25) is 0 Å². The number of benzene rings is 1. The first-order chi connectivity index (χ1) is 12.1. The Bertz CT molecular complexity index is 624. The topological polar surface area (TPSA) is 72.9 Å². The van der Waals surface area contributed by atoms with E-state index in [1.807, 2.05) is 6.07 Å². The fourth-order valence-corrected chi connectivity index (χ4v) is 3.49. The van der Waals surface area contributed by atoms with Crippen LogP contribution in [0.5, 0.6) is 0 Å². The Kier molecular flexibility index (Phi) is 5.68. The van der Waals surface area contributed by atoms with Gasteiger partial charge in [-0.2, -0.15) is 0 Å². The molecule has 1 atom stereocenters. The van der Waals surface area contributed by atoms with Crippen molar-refractivity contribution in [2.45, 2.75) is 44.6 Å². The van der Waals surface area contributed by atoms with Crippen molar-refractivity contribution < 1.29 is 23.9 Å². The Morgan fingerprint density at radius 2 is 1.88 bits per heavy atom. The van der Waals surface area contributed by atoms with Crippen LogP contribution < -0.4 is 0 Å². The van der Waals surface area contributed by atoms with E-state index < -0.39 is 18.2 Å². The Hall–Kier alpha value is -2.37. The van der Waals surface area contributed by atoms with E-state index in [1.54, 1.807) is 24.3 Å². The van der Waals surface area contributed by atoms with Gasteiger partial charge in [0.1, 0.15) is 12.7 Å². The molecule has 3 rings (SSSR count). The van der Waals surface area contributed by atoms with Crippen molar-refractivity contribution in [1.82, 2.24) is 4.90 Å². The largest absolute Gasteiger partial charge is 0.458 e. The maximum Gasteiger partial charge on any atom is 0.416 e. The van der Waals surface area contributed by atoms with E-state index in [-0.39, 0.29) is 31.4 Å². The standard InChI is InChI=1S/C19H23NO5/c21-17(20-11-12-24-19(20)23)13-16(14-7-3-1-4-8-14)25-18(22)15-9-5-2-6-10-15/h2,5-6,9-10,14,16H,1,3-4,7-8,11-13H2. The fourth-order valence-electron chi connectivity index (χ4n) is 3.49. The number of carbonyl (C=O) groups excluding carboxylic acids is 3. The predicted octanol–water partition coefficient (Wildman–Crippen LogP) is 3.16. The first-order valence-corrected chi connectivity index (χ1v) is 8.88. The third-order valence-electron chi connectivity index (χ3n) is 4.88. The van der Waals surface area contributed by atoms with Gasteiger partial charge in [-0.25, -0.2) is 14.5 Å². The smallest absolute Gasteiger partial charge is 0.416 e. The summed E-state index contributed by atoms with van der Waals surface area (Å²) in [6.45, 7) is 0.490. The van der Waals surface area contributed by atoms with Gasteiger partial charge in [0.05, 0.1) is 18.5 Å². The molecule has 1 saturated heterocycles. The first kappa shape index (κ1) is 17.5. The molecule has 134 valence electrons. The number of imide groups is 1. The quantitative estimate of drug-likeness (QED) is 0.767. The van der Waals surface area contributed by atoms with Crippen LogP contribution in [0.1, 0.15) is 48.9 Å². The molecular formula is C19H23NO5. The number of amides is 2. The fraction of sp³-hybridized carbons (Fsp3) is 0.526. The average Bonchev–Trinajstić information content (AvgIpc) is 3.08. The second-order valence-corrected chi connectivity index (χ2v) is 6.57. The molecule has 1 saturated carbocycles. The monoisotopic (exact) mass is 345 g/mol. The lowest BCUT2D eigenvalue weighted by Gasteiger charge is -2.30. The summed E-state index contributed by atoms with van der Waals surface area (Å²) in [5.74, 6) is -0.601.